The molecule has 0 aliphatic carbocycles. The summed E-state index contributed by atoms with van der Waals surface area (Å²) in [7, 11) is 1.53. The average molecular weight is 274 g/mol. The number of urea groups is 1. The van der Waals surface area contributed by atoms with E-state index in [9.17, 15) is 9.59 Å². The van der Waals surface area contributed by atoms with Gasteiger partial charge in [0.05, 0.1) is 6.61 Å². The van der Waals surface area contributed by atoms with Crippen LogP contribution in [0.2, 0.25) is 0 Å². The first-order valence-corrected chi connectivity index (χ1v) is 6.70. The summed E-state index contributed by atoms with van der Waals surface area (Å²) in [6, 6.07) is -0.234. The van der Waals surface area contributed by atoms with Crippen molar-refractivity contribution in [3.05, 3.63) is 0 Å². The van der Waals surface area contributed by atoms with E-state index in [-0.39, 0.29) is 12.6 Å². The van der Waals surface area contributed by atoms with Crippen molar-refractivity contribution in [1.29, 1.82) is 0 Å². The van der Waals surface area contributed by atoms with E-state index in [1.807, 2.05) is 6.92 Å². The molecule has 19 heavy (non-hydrogen) atoms. The normalized spacial score (nSPS) is 12.0. The Morgan fingerprint density at radius 3 is 2.32 bits per heavy atom. The summed E-state index contributed by atoms with van der Waals surface area (Å²) in [6.07, 6.45) is 0.987. The Kier molecular flexibility index (Phi) is 8.95. The first-order chi connectivity index (χ1) is 8.96. The lowest BCUT2D eigenvalue weighted by Crippen LogP contribution is -2.47. The first kappa shape index (κ1) is 17.7. The van der Waals surface area contributed by atoms with E-state index in [0.29, 0.717) is 32.2 Å². The van der Waals surface area contributed by atoms with Crippen LogP contribution in [-0.2, 0) is 9.53 Å². The molecule has 1 N–H and O–H groups in total. The van der Waals surface area contributed by atoms with Crippen LogP contribution in [0, 0.1) is 5.92 Å². The number of ether oxygens (including phenoxy) is 1. The fraction of sp³-hybridized carbons (Fsp3) is 0.846. The minimum absolute atomic E-state index is 0.234. The Morgan fingerprint density at radius 2 is 1.89 bits per heavy atom. The molecule has 6 nitrogen and oxygen atoms in total. The molecule has 0 fully saturated rings. The van der Waals surface area contributed by atoms with Crippen molar-refractivity contribution in [2.45, 2.75) is 27.2 Å². The minimum Gasteiger partial charge on any atom is -0.480 e. The van der Waals surface area contributed by atoms with Gasteiger partial charge in [0.25, 0.3) is 0 Å². The highest BCUT2D eigenvalue weighted by atomic mass is 16.5. The van der Waals surface area contributed by atoms with E-state index in [4.69, 9.17) is 9.84 Å². The molecule has 0 aliphatic rings. The van der Waals surface area contributed by atoms with Crippen LogP contribution >= 0.6 is 0 Å². The fourth-order valence-electron chi connectivity index (χ4n) is 1.65. The molecule has 0 radical (unpaired) electrons. The maximum absolute atomic E-state index is 12.3. The van der Waals surface area contributed by atoms with Crippen LogP contribution in [0.4, 0.5) is 4.79 Å². The van der Waals surface area contributed by atoms with E-state index >= 15 is 0 Å². The number of rotatable bonds is 9. The van der Waals surface area contributed by atoms with Crippen molar-refractivity contribution >= 4 is 12.0 Å². The molecule has 0 spiro atoms. The van der Waals surface area contributed by atoms with Gasteiger partial charge in [0.15, 0.2) is 0 Å². The molecule has 0 saturated carbocycles. The number of hydrogen-bond donors (Lipinski definition) is 1. The smallest absolute Gasteiger partial charge is 0.323 e. The highest BCUT2D eigenvalue weighted by Gasteiger charge is 2.22. The molecule has 0 rings (SSSR count). The third-order valence-corrected chi connectivity index (χ3v) is 3.04. The molecular formula is C13H26N2O4. The van der Waals surface area contributed by atoms with Crippen LogP contribution in [0.15, 0.2) is 0 Å². The van der Waals surface area contributed by atoms with Gasteiger partial charge in [0, 0.05) is 26.7 Å². The Bertz CT molecular complexity index is 284. The van der Waals surface area contributed by atoms with Gasteiger partial charge in [-0.15, -0.1) is 0 Å². The average Bonchev–Trinajstić information content (AvgIpc) is 2.39. The molecule has 0 aromatic rings. The molecule has 2 amide bonds. The number of aliphatic carboxylic acids is 1. The summed E-state index contributed by atoms with van der Waals surface area (Å²) in [5.74, 6) is -0.609. The van der Waals surface area contributed by atoms with Crippen molar-refractivity contribution < 1.29 is 19.4 Å². The topological polar surface area (TPSA) is 70.1 Å². The van der Waals surface area contributed by atoms with Gasteiger partial charge in [-0.05, 0) is 12.8 Å². The predicted octanol–water partition coefficient (Wildman–Crippen LogP) is 1.51. The Hall–Kier alpha value is -1.30. The van der Waals surface area contributed by atoms with Gasteiger partial charge >= 0.3 is 12.0 Å². The summed E-state index contributed by atoms with van der Waals surface area (Å²) in [6.45, 7) is 7.60. The standard InChI is InChI=1S/C13H26N2O4/c1-5-11(3)9-14(6-2)13(18)15(7-8-19-4)10-12(16)17/h11H,5-10H2,1-4H3,(H,16,17). The van der Waals surface area contributed by atoms with Gasteiger partial charge in [-0.25, -0.2) is 4.79 Å². The summed E-state index contributed by atoms with van der Waals surface area (Å²) < 4.78 is 4.91. The molecule has 0 aliphatic heterocycles. The van der Waals surface area contributed by atoms with Crippen molar-refractivity contribution in [2.75, 3.05) is 39.9 Å². The summed E-state index contributed by atoms with van der Waals surface area (Å²) >= 11 is 0. The summed E-state index contributed by atoms with van der Waals surface area (Å²) in [5.41, 5.74) is 0. The molecule has 0 heterocycles. The molecule has 0 aromatic carbocycles. The van der Waals surface area contributed by atoms with E-state index in [1.54, 1.807) is 4.90 Å². The predicted molar refractivity (Wildman–Crippen MR) is 73.2 cm³/mol. The van der Waals surface area contributed by atoms with Crippen LogP contribution in [0.3, 0.4) is 0 Å². The van der Waals surface area contributed by atoms with Crippen molar-refractivity contribution in [3.8, 4) is 0 Å². The lowest BCUT2D eigenvalue weighted by atomic mass is 10.1. The SMILES string of the molecule is CCC(C)CN(CC)C(=O)N(CCOC)CC(=O)O. The largest absolute Gasteiger partial charge is 0.480 e. The number of carbonyl (C=O) groups excluding carboxylic acids is 1. The van der Waals surface area contributed by atoms with Gasteiger partial charge in [0.1, 0.15) is 6.54 Å². The Labute approximate surface area is 115 Å². The maximum atomic E-state index is 12.3. The van der Waals surface area contributed by atoms with E-state index in [2.05, 4.69) is 13.8 Å². The lowest BCUT2D eigenvalue weighted by Gasteiger charge is -2.30. The Balaban J connectivity index is 4.66. The number of carbonyl (C=O) groups is 2. The van der Waals surface area contributed by atoms with Gasteiger partial charge < -0.3 is 19.6 Å². The Morgan fingerprint density at radius 1 is 1.26 bits per heavy atom. The van der Waals surface area contributed by atoms with Gasteiger partial charge in [-0.2, -0.15) is 0 Å². The van der Waals surface area contributed by atoms with Crippen LogP contribution in [0.5, 0.6) is 0 Å². The van der Waals surface area contributed by atoms with E-state index in [1.165, 1.54) is 12.0 Å². The monoisotopic (exact) mass is 274 g/mol. The zero-order valence-corrected chi connectivity index (χ0v) is 12.4. The molecule has 0 saturated heterocycles. The number of hydrogen-bond acceptors (Lipinski definition) is 3. The van der Waals surface area contributed by atoms with Gasteiger partial charge in [0.2, 0.25) is 0 Å². The number of methoxy groups -OCH3 is 1. The van der Waals surface area contributed by atoms with E-state index < -0.39 is 5.97 Å². The third-order valence-electron chi connectivity index (χ3n) is 3.04. The van der Waals surface area contributed by atoms with Gasteiger partial charge in [-0.1, -0.05) is 20.3 Å². The van der Waals surface area contributed by atoms with Crippen LogP contribution in [-0.4, -0.2) is 66.8 Å². The fourth-order valence-corrected chi connectivity index (χ4v) is 1.65. The van der Waals surface area contributed by atoms with E-state index in [0.717, 1.165) is 6.42 Å². The number of carboxylic acid groups (broad SMARTS) is 1. The molecule has 1 unspecified atom stereocenters. The number of amides is 2. The van der Waals surface area contributed by atoms with Gasteiger partial charge in [-0.3, -0.25) is 4.79 Å². The quantitative estimate of drug-likeness (QED) is 0.692. The zero-order valence-electron chi connectivity index (χ0n) is 12.4. The van der Waals surface area contributed by atoms with Crippen molar-refractivity contribution in [1.82, 2.24) is 9.80 Å². The molecule has 0 aromatic heterocycles. The highest BCUT2D eigenvalue weighted by Crippen LogP contribution is 2.07. The third kappa shape index (κ3) is 7.00. The number of carboxylic acids is 1. The zero-order chi connectivity index (χ0) is 14.8. The first-order valence-electron chi connectivity index (χ1n) is 6.70. The minimum atomic E-state index is -1.01. The van der Waals surface area contributed by atoms with Crippen molar-refractivity contribution in [2.24, 2.45) is 5.92 Å². The van der Waals surface area contributed by atoms with Crippen LogP contribution < -0.4 is 0 Å². The van der Waals surface area contributed by atoms with Crippen LogP contribution in [0.25, 0.3) is 0 Å². The lowest BCUT2D eigenvalue weighted by molar-refractivity contribution is -0.137. The second kappa shape index (κ2) is 9.61. The number of nitrogens with zero attached hydrogens (tertiary/aromatic N) is 2. The highest BCUT2D eigenvalue weighted by molar-refractivity contribution is 5.80. The molecular weight excluding hydrogens is 248 g/mol. The molecule has 112 valence electrons. The second-order valence-corrected chi connectivity index (χ2v) is 4.64. The van der Waals surface area contributed by atoms with Crippen molar-refractivity contribution in [3.63, 3.8) is 0 Å². The molecule has 6 heteroatoms. The molecule has 1 atom stereocenters. The summed E-state index contributed by atoms with van der Waals surface area (Å²) in [4.78, 5) is 26.1. The molecule has 0 bridgehead atoms. The summed E-state index contributed by atoms with van der Waals surface area (Å²) in [5, 5.41) is 8.86. The van der Waals surface area contributed by atoms with Crippen LogP contribution in [0.1, 0.15) is 27.2 Å². The second-order valence-electron chi connectivity index (χ2n) is 4.64. The maximum Gasteiger partial charge on any atom is 0.323 e.